The molecule has 1 aromatic rings. The number of carbonyl (C=O) groups is 1. The zero-order valence-corrected chi connectivity index (χ0v) is 9.47. The Morgan fingerprint density at radius 3 is 2.94 bits per heavy atom. The summed E-state index contributed by atoms with van der Waals surface area (Å²) < 4.78 is 0. The van der Waals surface area contributed by atoms with E-state index >= 15 is 0 Å². The van der Waals surface area contributed by atoms with Crippen LogP contribution in [0, 0.1) is 5.92 Å². The van der Waals surface area contributed by atoms with Gasteiger partial charge in [0.25, 0.3) is 0 Å². The third-order valence-electron chi connectivity index (χ3n) is 2.30. The number of aromatic nitrogens is 1. The van der Waals surface area contributed by atoms with Crippen molar-refractivity contribution in [1.82, 2.24) is 4.98 Å². The molecule has 0 spiro atoms. The molecule has 0 fully saturated rings. The van der Waals surface area contributed by atoms with Gasteiger partial charge in [0.2, 0.25) is 0 Å². The fourth-order valence-electron chi connectivity index (χ4n) is 1.36. The molecule has 0 bridgehead atoms. The summed E-state index contributed by atoms with van der Waals surface area (Å²) in [6, 6.07) is 4.75. The van der Waals surface area contributed by atoms with Crippen LogP contribution in [0.25, 0.3) is 0 Å². The predicted octanol–water partition coefficient (Wildman–Crippen LogP) is 1.38. The molecule has 5 heteroatoms. The number of nitrogens with one attached hydrogen (secondary N) is 1. The van der Waals surface area contributed by atoms with Crippen molar-refractivity contribution in [2.24, 2.45) is 5.92 Å². The van der Waals surface area contributed by atoms with Gasteiger partial charge in [-0.15, -0.1) is 6.58 Å². The van der Waals surface area contributed by atoms with Gasteiger partial charge in [0, 0.05) is 19.1 Å². The van der Waals surface area contributed by atoms with E-state index in [4.69, 9.17) is 10.2 Å². The van der Waals surface area contributed by atoms with Gasteiger partial charge in [-0.3, -0.25) is 0 Å². The first-order chi connectivity index (χ1) is 8.17. The fourth-order valence-corrected chi connectivity index (χ4v) is 1.36. The van der Waals surface area contributed by atoms with E-state index in [1.807, 2.05) is 0 Å². The van der Waals surface area contributed by atoms with Crippen LogP contribution >= 0.6 is 0 Å². The van der Waals surface area contributed by atoms with Gasteiger partial charge >= 0.3 is 5.97 Å². The van der Waals surface area contributed by atoms with Gasteiger partial charge in [-0.25, -0.2) is 9.78 Å². The molecule has 0 radical (unpaired) electrons. The van der Waals surface area contributed by atoms with E-state index in [0.29, 0.717) is 18.8 Å². The number of allylic oxidation sites excluding steroid dienone is 1. The summed E-state index contributed by atoms with van der Waals surface area (Å²) in [6.45, 7) is 4.19. The normalized spacial score (nSPS) is 11.8. The largest absolute Gasteiger partial charge is 0.477 e. The Bertz CT molecular complexity index is 393. The van der Waals surface area contributed by atoms with Crippen LogP contribution in [0.4, 0.5) is 5.82 Å². The zero-order chi connectivity index (χ0) is 12.7. The summed E-state index contributed by atoms with van der Waals surface area (Å²) in [6.07, 6.45) is 2.44. The van der Waals surface area contributed by atoms with Gasteiger partial charge in [0.05, 0.1) is 0 Å². The van der Waals surface area contributed by atoms with E-state index in [1.54, 1.807) is 18.2 Å². The first kappa shape index (κ1) is 13.2. The number of aliphatic hydroxyl groups excluding tert-OH is 1. The molecule has 0 aliphatic heterocycles. The van der Waals surface area contributed by atoms with Crippen molar-refractivity contribution in [2.75, 3.05) is 18.5 Å². The van der Waals surface area contributed by atoms with Gasteiger partial charge in [-0.1, -0.05) is 12.1 Å². The second-order valence-corrected chi connectivity index (χ2v) is 3.67. The summed E-state index contributed by atoms with van der Waals surface area (Å²) >= 11 is 0. The van der Waals surface area contributed by atoms with Gasteiger partial charge in [0.1, 0.15) is 5.82 Å². The maximum absolute atomic E-state index is 10.7. The molecular formula is C12H16N2O3. The summed E-state index contributed by atoms with van der Waals surface area (Å²) in [4.78, 5) is 14.6. The molecule has 1 aromatic heterocycles. The Morgan fingerprint density at radius 1 is 1.59 bits per heavy atom. The molecule has 92 valence electrons. The predicted molar refractivity (Wildman–Crippen MR) is 65.1 cm³/mol. The molecule has 0 saturated carbocycles. The highest BCUT2D eigenvalue weighted by Gasteiger charge is 2.07. The number of aliphatic hydroxyl groups is 1. The number of anilines is 1. The summed E-state index contributed by atoms with van der Waals surface area (Å²) in [5.74, 6) is -0.506. The lowest BCUT2D eigenvalue weighted by atomic mass is 10.1. The SMILES string of the molecule is C=CCC(CO)CNc1cccc(C(=O)O)n1. The Hall–Kier alpha value is -1.88. The topological polar surface area (TPSA) is 82.5 Å². The Labute approximate surface area is 99.8 Å². The number of carboxylic acids is 1. The van der Waals surface area contributed by atoms with Crippen LogP contribution < -0.4 is 5.32 Å². The molecule has 0 saturated heterocycles. The number of rotatable bonds is 7. The molecule has 17 heavy (non-hydrogen) atoms. The second kappa shape index (κ2) is 6.65. The molecule has 0 aliphatic rings. The highest BCUT2D eigenvalue weighted by molar-refractivity contribution is 5.85. The minimum atomic E-state index is -1.06. The molecule has 1 rings (SSSR count). The van der Waals surface area contributed by atoms with E-state index < -0.39 is 5.97 Å². The quantitative estimate of drug-likeness (QED) is 0.623. The van der Waals surface area contributed by atoms with Crippen LogP contribution in [0.15, 0.2) is 30.9 Å². The molecule has 0 amide bonds. The molecule has 1 unspecified atom stereocenters. The highest BCUT2D eigenvalue weighted by Crippen LogP contribution is 2.08. The Balaban J connectivity index is 2.59. The summed E-state index contributed by atoms with van der Waals surface area (Å²) in [5.41, 5.74) is -0.000677. The van der Waals surface area contributed by atoms with E-state index in [9.17, 15) is 4.79 Å². The lowest BCUT2D eigenvalue weighted by Gasteiger charge is -2.13. The van der Waals surface area contributed by atoms with Crippen LogP contribution in [0.5, 0.6) is 0 Å². The number of hydrogen-bond acceptors (Lipinski definition) is 4. The minimum Gasteiger partial charge on any atom is -0.477 e. The van der Waals surface area contributed by atoms with Gasteiger partial charge < -0.3 is 15.5 Å². The molecule has 3 N–H and O–H groups in total. The third-order valence-corrected chi connectivity index (χ3v) is 2.30. The van der Waals surface area contributed by atoms with Crippen molar-refractivity contribution < 1.29 is 15.0 Å². The monoisotopic (exact) mass is 236 g/mol. The van der Waals surface area contributed by atoms with Crippen molar-refractivity contribution in [3.8, 4) is 0 Å². The molecule has 1 atom stereocenters. The lowest BCUT2D eigenvalue weighted by Crippen LogP contribution is -2.18. The number of nitrogens with zero attached hydrogens (tertiary/aromatic N) is 1. The number of pyridine rings is 1. The van der Waals surface area contributed by atoms with E-state index in [0.717, 1.165) is 0 Å². The van der Waals surface area contributed by atoms with Crippen LogP contribution in [0.1, 0.15) is 16.9 Å². The number of aromatic carboxylic acids is 1. The number of hydrogen-bond donors (Lipinski definition) is 3. The summed E-state index contributed by atoms with van der Waals surface area (Å²) in [5, 5.41) is 20.8. The zero-order valence-electron chi connectivity index (χ0n) is 9.47. The van der Waals surface area contributed by atoms with E-state index in [2.05, 4.69) is 16.9 Å². The smallest absolute Gasteiger partial charge is 0.354 e. The highest BCUT2D eigenvalue weighted by atomic mass is 16.4. The average molecular weight is 236 g/mol. The minimum absolute atomic E-state index is 0.000677. The van der Waals surface area contributed by atoms with Crippen molar-refractivity contribution >= 4 is 11.8 Å². The standard InChI is InChI=1S/C12H16N2O3/c1-2-4-9(8-15)7-13-11-6-3-5-10(14-11)12(16)17/h2-3,5-6,9,15H,1,4,7-8H2,(H,13,14)(H,16,17). The Morgan fingerprint density at radius 2 is 2.35 bits per heavy atom. The van der Waals surface area contributed by atoms with E-state index in [-0.39, 0.29) is 18.2 Å². The van der Waals surface area contributed by atoms with Gasteiger partial charge in [-0.2, -0.15) is 0 Å². The molecule has 1 heterocycles. The van der Waals surface area contributed by atoms with Crippen molar-refractivity contribution in [1.29, 1.82) is 0 Å². The molecule has 0 aromatic carbocycles. The molecule has 0 aliphatic carbocycles. The van der Waals surface area contributed by atoms with Crippen LogP contribution in [0.2, 0.25) is 0 Å². The first-order valence-electron chi connectivity index (χ1n) is 5.33. The third kappa shape index (κ3) is 4.24. The Kier molecular flexibility index (Phi) is 5.16. The number of carboxylic acid groups (broad SMARTS) is 1. The van der Waals surface area contributed by atoms with Crippen molar-refractivity contribution in [3.63, 3.8) is 0 Å². The van der Waals surface area contributed by atoms with Gasteiger partial charge in [-0.05, 0) is 18.6 Å². The first-order valence-corrected chi connectivity index (χ1v) is 5.33. The maximum Gasteiger partial charge on any atom is 0.354 e. The van der Waals surface area contributed by atoms with Crippen LogP contribution in [-0.4, -0.2) is 34.3 Å². The van der Waals surface area contributed by atoms with Crippen LogP contribution in [0.3, 0.4) is 0 Å². The summed E-state index contributed by atoms with van der Waals surface area (Å²) in [7, 11) is 0. The van der Waals surface area contributed by atoms with Crippen molar-refractivity contribution in [3.05, 3.63) is 36.5 Å². The van der Waals surface area contributed by atoms with E-state index in [1.165, 1.54) is 6.07 Å². The lowest BCUT2D eigenvalue weighted by molar-refractivity contribution is 0.0690. The maximum atomic E-state index is 10.7. The van der Waals surface area contributed by atoms with Crippen LogP contribution in [-0.2, 0) is 0 Å². The molecule has 5 nitrogen and oxygen atoms in total. The van der Waals surface area contributed by atoms with Gasteiger partial charge in [0.15, 0.2) is 5.69 Å². The molecular weight excluding hydrogens is 220 g/mol. The van der Waals surface area contributed by atoms with Crippen molar-refractivity contribution in [2.45, 2.75) is 6.42 Å². The fraction of sp³-hybridized carbons (Fsp3) is 0.333. The average Bonchev–Trinajstić information content (AvgIpc) is 2.34. The second-order valence-electron chi connectivity index (χ2n) is 3.67.